The van der Waals surface area contributed by atoms with Crippen LogP contribution in [-0.4, -0.2) is 79.9 Å². The standard InChI is InChI=1S/C19H28F3N3O3S/c1-14(2)25(13-19(20,21)22)18(26)12-23-7-9-24(10-8-23)29(27,28)17-11-15(3)5-6-16(17)4/h5-6,11,14H,7-10,12-13H2,1-4H3. The zero-order valence-corrected chi connectivity index (χ0v) is 18.0. The van der Waals surface area contributed by atoms with Crippen molar-refractivity contribution in [2.45, 2.75) is 44.8 Å². The van der Waals surface area contributed by atoms with E-state index in [2.05, 4.69) is 0 Å². The summed E-state index contributed by atoms with van der Waals surface area (Å²) in [6, 6.07) is 4.67. The third-order valence-electron chi connectivity index (χ3n) is 4.94. The molecule has 164 valence electrons. The summed E-state index contributed by atoms with van der Waals surface area (Å²) in [5.41, 5.74) is 1.50. The number of carbonyl (C=O) groups is 1. The molecule has 0 bridgehead atoms. The lowest BCUT2D eigenvalue weighted by molar-refractivity contribution is -0.165. The molecule has 29 heavy (non-hydrogen) atoms. The van der Waals surface area contributed by atoms with Crippen molar-refractivity contribution < 1.29 is 26.4 Å². The lowest BCUT2D eigenvalue weighted by Gasteiger charge is -2.36. The number of aryl methyl sites for hydroxylation is 2. The molecule has 0 aliphatic carbocycles. The van der Waals surface area contributed by atoms with E-state index in [-0.39, 0.29) is 37.6 Å². The monoisotopic (exact) mass is 435 g/mol. The minimum atomic E-state index is -4.46. The molecule has 1 aromatic rings. The van der Waals surface area contributed by atoms with Crippen LogP contribution in [0.4, 0.5) is 13.2 Å². The quantitative estimate of drug-likeness (QED) is 0.689. The Hall–Kier alpha value is -1.65. The average Bonchev–Trinajstić information content (AvgIpc) is 2.61. The Balaban J connectivity index is 2.01. The molecule has 1 amide bonds. The molecule has 0 unspecified atom stereocenters. The Morgan fingerprint density at radius 1 is 1.14 bits per heavy atom. The fourth-order valence-corrected chi connectivity index (χ4v) is 5.02. The zero-order valence-electron chi connectivity index (χ0n) is 17.2. The molecule has 1 saturated heterocycles. The Labute approximate surface area is 170 Å². The number of nitrogens with zero attached hydrogens (tertiary/aromatic N) is 3. The normalized spacial score (nSPS) is 17.0. The van der Waals surface area contributed by atoms with E-state index in [1.54, 1.807) is 37.8 Å². The van der Waals surface area contributed by atoms with Crippen molar-refractivity contribution in [1.82, 2.24) is 14.1 Å². The number of carbonyl (C=O) groups excluding carboxylic acids is 1. The van der Waals surface area contributed by atoms with Gasteiger partial charge in [-0.3, -0.25) is 9.69 Å². The molecule has 2 rings (SSSR count). The Morgan fingerprint density at radius 3 is 2.24 bits per heavy atom. The van der Waals surface area contributed by atoms with Gasteiger partial charge in [-0.2, -0.15) is 17.5 Å². The predicted octanol–water partition coefficient (Wildman–Crippen LogP) is 2.41. The largest absolute Gasteiger partial charge is 0.406 e. The van der Waals surface area contributed by atoms with E-state index in [4.69, 9.17) is 0 Å². The minimum absolute atomic E-state index is 0.161. The Bertz CT molecular complexity index is 833. The first-order valence-electron chi connectivity index (χ1n) is 9.47. The van der Waals surface area contributed by atoms with Gasteiger partial charge in [0.2, 0.25) is 15.9 Å². The van der Waals surface area contributed by atoms with Crippen LogP contribution in [-0.2, 0) is 14.8 Å². The van der Waals surface area contributed by atoms with Gasteiger partial charge in [0.05, 0.1) is 11.4 Å². The molecule has 0 aromatic heterocycles. The van der Waals surface area contributed by atoms with E-state index in [1.807, 2.05) is 13.0 Å². The first-order valence-corrected chi connectivity index (χ1v) is 10.9. The second-order valence-corrected chi connectivity index (χ2v) is 9.59. The van der Waals surface area contributed by atoms with Crippen LogP contribution in [0.3, 0.4) is 0 Å². The fraction of sp³-hybridized carbons (Fsp3) is 0.632. The van der Waals surface area contributed by atoms with Gasteiger partial charge in [-0.1, -0.05) is 12.1 Å². The lowest BCUT2D eigenvalue weighted by atomic mass is 10.2. The number of hydrogen-bond donors (Lipinski definition) is 0. The summed E-state index contributed by atoms with van der Waals surface area (Å²) in [5.74, 6) is -0.608. The summed E-state index contributed by atoms with van der Waals surface area (Å²) in [4.78, 5) is 15.1. The molecule has 0 saturated carbocycles. The molecule has 1 aromatic carbocycles. The van der Waals surface area contributed by atoms with Crippen molar-refractivity contribution in [3.8, 4) is 0 Å². The molecule has 0 radical (unpaired) electrons. The summed E-state index contributed by atoms with van der Waals surface area (Å²) in [6.07, 6.45) is -4.46. The number of rotatable bonds is 6. The molecule has 0 N–H and O–H groups in total. The maximum absolute atomic E-state index is 13.0. The fourth-order valence-electron chi connectivity index (χ4n) is 3.29. The van der Waals surface area contributed by atoms with Gasteiger partial charge in [-0.05, 0) is 44.9 Å². The maximum atomic E-state index is 13.0. The van der Waals surface area contributed by atoms with Crippen molar-refractivity contribution in [2.24, 2.45) is 0 Å². The molecule has 0 spiro atoms. The van der Waals surface area contributed by atoms with E-state index in [0.717, 1.165) is 10.5 Å². The third kappa shape index (κ3) is 6.16. The summed E-state index contributed by atoms with van der Waals surface area (Å²) in [5, 5.41) is 0. The van der Waals surface area contributed by atoms with Crippen LogP contribution in [0.5, 0.6) is 0 Å². The van der Waals surface area contributed by atoms with Crippen LogP contribution >= 0.6 is 0 Å². The number of sulfonamides is 1. The van der Waals surface area contributed by atoms with Gasteiger partial charge in [-0.15, -0.1) is 0 Å². The van der Waals surface area contributed by atoms with E-state index >= 15 is 0 Å². The SMILES string of the molecule is Cc1ccc(C)c(S(=O)(=O)N2CCN(CC(=O)N(CC(F)(F)F)C(C)C)CC2)c1. The number of piperazine rings is 1. The predicted molar refractivity (Wildman–Crippen MR) is 104 cm³/mol. The molecule has 1 aliphatic heterocycles. The third-order valence-corrected chi connectivity index (χ3v) is 6.99. The summed E-state index contributed by atoms with van der Waals surface area (Å²) < 4.78 is 65.5. The van der Waals surface area contributed by atoms with E-state index in [9.17, 15) is 26.4 Å². The van der Waals surface area contributed by atoms with Crippen molar-refractivity contribution in [2.75, 3.05) is 39.3 Å². The van der Waals surface area contributed by atoms with Crippen molar-refractivity contribution in [3.05, 3.63) is 29.3 Å². The first kappa shape index (κ1) is 23.6. The van der Waals surface area contributed by atoms with Crippen LogP contribution in [0.15, 0.2) is 23.1 Å². The number of alkyl halides is 3. The van der Waals surface area contributed by atoms with E-state index in [0.29, 0.717) is 5.56 Å². The van der Waals surface area contributed by atoms with Gasteiger partial charge in [0.15, 0.2) is 0 Å². The molecular weight excluding hydrogens is 407 g/mol. The molecule has 1 aliphatic rings. The topological polar surface area (TPSA) is 60.9 Å². The van der Waals surface area contributed by atoms with Crippen molar-refractivity contribution in [1.29, 1.82) is 0 Å². The molecule has 1 fully saturated rings. The zero-order chi connectivity index (χ0) is 22.0. The second-order valence-electron chi connectivity index (χ2n) is 7.68. The Kier molecular flexibility index (Phi) is 7.34. The van der Waals surface area contributed by atoms with Crippen molar-refractivity contribution >= 4 is 15.9 Å². The summed E-state index contributed by atoms with van der Waals surface area (Å²) in [6.45, 7) is 6.13. The molecule has 0 atom stereocenters. The number of benzene rings is 1. The highest BCUT2D eigenvalue weighted by Gasteiger charge is 2.35. The molecule has 10 heteroatoms. The second kappa shape index (κ2) is 9.01. The van der Waals surface area contributed by atoms with E-state index < -0.39 is 34.7 Å². The van der Waals surface area contributed by atoms with Crippen molar-refractivity contribution in [3.63, 3.8) is 0 Å². The Morgan fingerprint density at radius 2 is 1.72 bits per heavy atom. The summed E-state index contributed by atoms with van der Waals surface area (Å²) >= 11 is 0. The van der Waals surface area contributed by atoms with Gasteiger partial charge in [0, 0.05) is 32.2 Å². The first-order chi connectivity index (χ1) is 13.3. The molecule has 6 nitrogen and oxygen atoms in total. The number of amides is 1. The van der Waals surface area contributed by atoms with Crippen LogP contribution in [0.25, 0.3) is 0 Å². The number of hydrogen-bond acceptors (Lipinski definition) is 4. The lowest BCUT2D eigenvalue weighted by Crippen LogP contribution is -2.53. The van der Waals surface area contributed by atoms with Gasteiger partial charge in [-0.25, -0.2) is 8.42 Å². The smallest absolute Gasteiger partial charge is 0.330 e. The summed E-state index contributed by atoms with van der Waals surface area (Å²) in [7, 11) is -3.66. The van der Waals surface area contributed by atoms with Crippen LogP contribution in [0.2, 0.25) is 0 Å². The van der Waals surface area contributed by atoms with Crippen LogP contribution in [0.1, 0.15) is 25.0 Å². The molecular formula is C19H28F3N3O3S. The van der Waals surface area contributed by atoms with Gasteiger partial charge in [0.25, 0.3) is 0 Å². The van der Waals surface area contributed by atoms with Gasteiger partial charge in [0.1, 0.15) is 6.54 Å². The highest BCUT2D eigenvalue weighted by atomic mass is 32.2. The van der Waals surface area contributed by atoms with E-state index in [1.165, 1.54) is 4.31 Å². The molecule has 1 heterocycles. The number of halogens is 3. The van der Waals surface area contributed by atoms with Gasteiger partial charge < -0.3 is 4.90 Å². The highest BCUT2D eigenvalue weighted by Crippen LogP contribution is 2.23. The van der Waals surface area contributed by atoms with Gasteiger partial charge >= 0.3 is 6.18 Å². The maximum Gasteiger partial charge on any atom is 0.406 e. The van der Waals surface area contributed by atoms with Crippen LogP contribution < -0.4 is 0 Å². The minimum Gasteiger partial charge on any atom is -0.330 e. The average molecular weight is 436 g/mol. The van der Waals surface area contributed by atoms with Crippen LogP contribution in [0, 0.1) is 13.8 Å². The highest BCUT2D eigenvalue weighted by molar-refractivity contribution is 7.89.